The molecule has 0 rings (SSSR count). The quantitative estimate of drug-likeness (QED) is 0.487. The van der Waals surface area contributed by atoms with Gasteiger partial charge in [0.2, 0.25) is 0 Å². The molecule has 1 unspecified atom stereocenters. The van der Waals surface area contributed by atoms with Crippen molar-refractivity contribution in [3.8, 4) is 0 Å². The van der Waals surface area contributed by atoms with Crippen LogP contribution in [0.1, 0.15) is 46.0 Å². The zero-order valence-electron chi connectivity index (χ0n) is 8.62. The van der Waals surface area contributed by atoms with E-state index in [2.05, 4.69) is 13.0 Å². The molecule has 2 nitrogen and oxygen atoms in total. The number of hydrogen-bond donors (Lipinski definition) is 1. The predicted molar refractivity (Wildman–Crippen MR) is 54.7 cm³/mol. The Bertz CT molecular complexity index is 161. The predicted octanol–water partition coefficient (Wildman–Crippen LogP) is 3.23. The van der Waals surface area contributed by atoms with Gasteiger partial charge in [-0.3, -0.25) is 4.79 Å². The van der Waals surface area contributed by atoms with E-state index in [-0.39, 0.29) is 12.3 Å². The average Bonchev–Trinajstić information content (AvgIpc) is 2.09. The van der Waals surface area contributed by atoms with Crippen molar-refractivity contribution >= 4 is 5.97 Å². The van der Waals surface area contributed by atoms with Gasteiger partial charge in [-0.25, -0.2) is 0 Å². The van der Waals surface area contributed by atoms with Gasteiger partial charge < -0.3 is 5.11 Å². The van der Waals surface area contributed by atoms with Crippen LogP contribution in [0.5, 0.6) is 0 Å². The van der Waals surface area contributed by atoms with Crippen molar-refractivity contribution in [2.45, 2.75) is 46.0 Å². The molecule has 2 heteroatoms. The minimum Gasteiger partial charge on any atom is -0.481 e. The standard InChI is InChI=1S/C11H20O2/c1-3-5-6-7-8-10(4-2)9-11(12)13/h7-8,10H,3-6,9H2,1-2H3,(H,12,13)/b8-7-. The number of allylic oxidation sites excluding steroid dienone is 2. The highest BCUT2D eigenvalue weighted by Crippen LogP contribution is 2.10. The van der Waals surface area contributed by atoms with Crippen LogP contribution >= 0.6 is 0 Å². The minimum absolute atomic E-state index is 0.217. The minimum atomic E-state index is -0.702. The highest BCUT2D eigenvalue weighted by atomic mass is 16.4. The van der Waals surface area contributed by atoms with Crippen molar-refractivity contribution < 1.29 is 9.90 Å². The SMILES string of the molecule is CCCC/C=C\C(CC)CC(=O)O. The number of rotatable bonds is 7. The molecule has 0 fully saturated rings. The third-order valence-electron chi connectivity index (χ3n) is 2.09. The van der Waals surface area contributed by atoms with E-state index < -0.39 is 5.97 Å². The number of aliphatic carboxylic acids is 1. The molecule has 0 aliphatic carbocycles. The second kappa shape index (κ2) is 7.84. The van der Waals surface area contributed by atoms with Crippen LogP contribution in [0, 0.1) is 5.92 Å². The van der Waals surface area contributed by atoms with Crippen LogP contribution in [0.2, 0.25) is 0 Å². The molecule has 0 saturated carbocycles. The Morgan fingerprint density at radius 2 is 2.15 bits per heavy atom. The molecule has 1 atom stereocenters. The van der Waals surface area contributed by atoms with Crippen LogP contribution in [-0.4, -0.2) is 11.1 Å². The fourth-order valence-corrected chi connectivity index (χ4v) is 1.18. The van der Waals surface area contributed by atoms with Gasteiger partial charge in [0.25, 0.3) is 0 Å². The number of carboxylic acids is 1. The van der Waals surface area contributed by atoms with Crippen LogP contribution in [-0.2, 0) is 4.79 Å². The molecular formula is C11H20O2. The lowest BCUT2D eigenvalue weighted by Crippen LogP contribution is -2.03. The largest absolute Gasteiger partial charge is 0.481 e. The molecule has 0 aliphatic heterocycles. The van der Waals surface area contributed by atoms with Crippen LogP contribution in [0.3, 0.4) is 0 Å². The first-order valence-corrected chi connectivity index (χ1v) is 5.09. The van der Waals surface area contributed by atoms with E-state index in [9.17, 15) is 4.79 Å². The maximum atomic E-state index is 10.4. The Morgan fingerprint density at radius 1 is 1.46 bits per heavy atom. The molecule has 0 aromatic rings. The molecule has 0 bridgehead atoms. The molecule has 0 heterocycles. The van der Waals surface area contributed by atoms with Crippen molar-refractivity contribution in [3.05, 3.63) is 12.2 Å². The summed E-state index contributed by atoms with van der Waals surface area (Å²) < 4.78 is 0. The summed E-state index contributed by atoms with van der Waals surface area (Å²) in [6, 6.07) is 0. The number of unbranched alkanes of at least 4 members (excludes halogenated alkanes) is 2. The fourth-order valence-electron chi connectivity index (χ4n) is 1.18. The first-order chi connectivity index (χ1) is 6.20. The molecule has 0 aromatic heterocycles. The van der Waals surface area contributed by atoms with Crippen LogP contribution in [0.15, 0.2) is 12.2 Å². The van der Waals surface area contributed by atoms with Gasteiger partial charge in [0.1, 0.15) is 0 Å². The molecule has 13 heavy (non-hydrogen) atoms. The molecule has 1 N–H and O–H groups in total. The van der Waals surface area contributed by atoms with Gasteiger partial charge >= 0.3 is 5.97 Å². The smallest absolute Gasteiger partial charge is 0.303 e. The molecular weight excluding hydrogens is 164 g/mol. The van der Waals surface area contributed by atoms with E-state index in [0.717, 1.165) is 12.8 Å². The molecule has 76 valence electrons. The third-order valence-corrected chi connectivity index (χ3v) is 2.09. The van der Waals surface area contributed by atoms with E-state index in [1.807, 2.05) is 13.0 Å². The van der Waals surface area contributed by atoms with Crippen molar-refractivity contribution in [1.82, 2.24) is 0 Å². The Kier molecular flexibility index (Phi) is 7.36. The van der Waals surface area contributed by atoms with Crippen molar-refractivity contribution in [2.75, 3.05) is 0 Å². The summed E-state index contributed by atoms with van der Waals surface area (Å²) in [6.45, 7) is 4.18. The first-order valence-electron chi connectivity index (χ1n) is 5.09. The first kappa shape index (κ1) is 12.2. The Labute approximate surface area is 80.7 Å². The average molecular weight is 184 g/mol. The maximum Gasteiger partial charge on any atom is 0.303 e. The van der Waals surface area contributed by atoms with Gasteiger partial charge in [0, 0.05) is 0 Å². The normalized spacial score (nSPS) is 13.4. The summed E-state index contributed by atoms with van der Waals surface area (Å²) in [5.74, 6) is -0.485. The van der Waals surface area contributed by atoms with Gasteiger partial charge in [-0.1, -0.05) is 38.8 Å². The highest BCUT2D eigenvalue weighted by Gasteiger charge is 2.06. The summed E-state index contributed by atoms with van der Waals surface area (Å²) in [5, 5.41) is 8.58. The van der Waals surface area contributed by atoms with Gasteiger partial charge in [-0.05, 0) is 18.8 Å². The Balaban J connectivity index is 3.69. The number of carbonyl (C=O) groups is 1. The fraction of sp³-hybridized carbons (Fsp3) is 0.727. The summed E-state index contributed by atoms with van der Waals surface area (Å²) >= 11 is 0. The summed E-state index contributed by atoms with van der Waals surface area (Å²) in [7, 11) is 0. The van der Waals surface area contributed by atoms with Crippen molar-refractivity contribution in [3.63, 3.8) is 0 Å². The summed E-state index contributed by atoms with van der Waals surface area (Å²) in [6.07, 6.45) is 8.80. The molecule has 0 spiro atoms. The number of hydrogen-bond acceptors (Lipinski definition) is 1. The number of carboxylic acid groups (broad SMARTS) is 1. The summed E-state index contributed by atoms with van der Waals surface area (Å²) in [4.78, 5) is 10.4. The highest BCUT2D eigenvalue weighted by molar-refractivity contribution is 5.67. The lowest BCUT2D eigenvalue weighted by molar-refractivity contribution is -0.137. The molecule has 0 saturated heterocycles. The topological polar surface area (TPSA) is 37.3 Å². The lowest BCUT2D eigenvalue weighted by Gasteiger charge is -2.05. The van der Waals surface area contributed by atoms with E-state index in [1.165, 1.54) is 12.8 Å². The lowest BCUT2D eigenvalue weighted by atomic mass is 10.0. The molecule has 0 radical (unpaired) electrons. The molecule has 0 amide bonds. The molecule has 0 aromatic carbocycles. The zero-order chi connectivity index (χ0) is 10.1. The zero-order valence-corrected chi connectivity index (χ0v) is 8.62. The van der Waals surface area contributed by atoms with Gasteiger partial charge in [-0.2, -0.15) is 0 Å². The van der Waals surface area contributed by atoms with Crippen LogP contribution in [0.25, 0.3) is 0 Å². The maximum absolute atomic E-state index is 10.4. The van der Waals surface area contributed by atoms with E-state index in [0.29, 0.717) is 0 Å². The monoisotopic (exact) mass is 184 g/mol. The second-order valence-electron chi connectivity index (χ2n) is 3.34. The molecule has 0 aliphatic rings. The van der Waals surface area contributed by atoms with Crippen molar-refractivity contribution in [1.29, 1.82) is 0 Å². The van der Waals surface area contributed by atoms with E-state index in [1.54, 1.807) is 0 Å². The second-order valence-corrected chi connectivity index (χ2v) is 3.34. The Morgan fingerprint density at radius 3 is 2.62 bits per heavy atom. The van der Waals surface area contributed by atoms with E-state index in [4.69, 9.17) is 5.11 Å². The van der Waals surface area contributed by atoms with Crippen LogP contribution < -0.4 is 0 Å². The third kappa shape index (κ3) is 7.57. The van der Waals surface area contributed by atoms with Gasteiger partial charge in [-0.15, -0.1) is 0 Å². The van der Waals surface area contributed by atoms with E-state index >= 15 is 0 Å². The van der Waals surface area contributed by atoms with Crippen molar-refractivity contribution in [2.24, 2.45) is 5.92 Å². The van der Waals surface area contributed by atoms with Crippen LogP contribution in [0.4, 0.5) is 0 Å². The Hall–Kier alpha value is -0.790. The summed E-state index contributed by atoms with van der Waals surface area (Å²) in [5.41, 5.74) is 0. The van der Waals surface area contributed by atoms with Gasteiger partial charge in [0.05, 0.1) is 6.42 Å². The van der Waals surface area contributed by atoms with Gasteiger partial charge in [0.15, 0.2) is 0 Å².